The van der Waals surface area contributed by atoms with Crippen molar-refractivity contribution in [2.45, 2.75) is 52.4 Å². The monoisotopic (exact) mass is 912 g/mol. The zero-order valence-corrected chi connectivity index (χ0v) is 39.1. The van der Waals surface area contributed by atoms with Crippen molar-refractivity contribution in [3.63, 3.8) is 0 Å². The average Bonchev–Trinajstić information content (AvgIpc) is 4.29. The van der Waals surface area contributed by atoms with Gasteiger partial charge in [-0.3, -0.25) is 0 Å². The maximum atomic E-state index is 10.0. The molecule has 5 heterocycles. The molecule has 9 aromatic carbocycles. The van der Waals surface area contributed by atoms with Gasteiger partial charge in [-0.1, -0.05) is 138 Å². The smallest absolute Gasteiger partial charge is 0.261 e. The molecule has 0 spiro atoms. The molecular formula is C63H46BN3O3. The topological polar surface area (TPSA) is 67.5 Å². The first-order chi connectivity index (χ1) is 37.7. The van der Waals surface area contributed by atoms with E-state index in [9.17, 15) is 9.37 Å². The number of nitriles is 1. The quantitative estimate of drug-likeness (QED) is 0.165. The van der Waals surface area contributed by atoms with Crippen molar-refractivity contribution in [1.82, 2.24) is 4.57 Å². The first-order valence-corrected chi connectivity index (χ1v) is 23.4. The fraction of sp³-hybridized carbons (Fsp3) is 0.127. The molecule has 3 aromatic heterocycles. The Morgan fingerprint density at radius 2 is 1.21 bits per heavy atom. The van der Waals surface area contributed by atoms with Crippen molar-refractivity contribution in [3.8, 4) is 34.4 Å². The van der Waals surface area contributed by atoms with Crippen LogP contribution < -0.4 is 26.0 Å². The van der Waals surface area contributed by atoms with E-state index in [4.69, 9.17) is 21.8 Å². The van der Waals surface area contributed by atoms with E-state index in [1.165, 1.54) is 0 Å². The molecule has 0 radical (unpaired) electrons. The second-order valence-corrected chi connectivity index (χ2v) is 20.5. The van der Waals surface area contributed by atoms with Crippen LogP contribution in [0.15, 0.2) is 178 Å². The van der Waals surface area contributed by atoms with Gasteiger partial charge < -0.3 is 23.0 Å². The second kappa shape index (κ2) is 14.3. The van der Waals surface area contributed by atoms with Crippen LogP contribution in [0.4, 0.5) is 17.1 Å². The SMILES string of the molecule is [2H]c1c([2H])c([2H])c(N2c3cc(-c4cc(C(C)(C)C)cc(C(C)(C)C)c4)cc4c3B(c3ccc(-n5c6ccc(C#N)cc6c6c([2H])c([2H])c([2H])c([2H])c65)cc3O4)c3c2c2oc4ccccc4c2c2c3oc3ccccc32)c([2H])c1[2H]. The highest BCUT2D eigenvalue weighted by Gasteiger charge is 2.46. The number of hydrogen-bond acceptors (Lipinski definition) is 5. The highest BCUT2D eigenvalue weighted by atomic mass is 16.5. The number of fused-ring (bicyclic) bond motifs is 16. The van der Waals surface area contributed by atoms with Crippen molar-refractivity contribution in [3.05, 3.63) is 186 Å². The van der Waals surface area contributed by atoms with E-state index in [0.717, 1.165) is 43.8 Å². The number of benzene rings is 9. The van der Waals surface area contributed by atoms with Gasteiger partial charge >= 0.3 is 0 Å². The van der Waals surface area contributed by atoms with E-state index >= 15 is 0 Å². The third-order valence-electron chi connectivity index (χ3n) is 14.3. The van der Waals surface area contributed by atoms with E-state index in [0.29, 0.717) is 83.7 Å². The number of anilines is 3. The summed E-state index contributed by atoms with van der Waals surface area (Å²) in [6.07, 6.45) is 0. The summed E-state index contributed by atoms with van der Waals surface area (Å²) < 4.78 is 106. The van der Waals surface area contributed by atoms with Gasteiger partial charge in [-0.25, -0.2) is 0 Å². The summed E-state index contributed by atoms with van der Waals surface area (Å²) in [4.78, 5) is 1.77. The summed E-state index contributed by atoms with van der Waals surface area (Å²) >= 11 is 0. The normalized spacial score (nSPS) is 15.1. The molecular weight excluding hydrogens is 858 g/mol. The molecule has 70 heavy (non-hydrogen) atoms. The maximum absolute atomic E-state index is 10.0. The van der Waals surface area contributed by atoms with Crippen molar-refractivity contribution >= 4 is 106 Å². The third kappa shape index (κ3) is 5.74. The van der Waals surface area contributed by atoms with Gasteiger partial charge in [0.2, 0.25) is 0 Å². The lowest BCUT2D eigenvalue weighted by molar-refractivity contribution is 0.487. The molecule has 6 nitrogen and oxygen atoms in total. The van der Waals surface area contributed by atoms with Gasteiger partial charge in [0.1, 0.15) is 28.2 Å². The summed E-state index contributed by atoms with van der Waals surface area (Å²) in [6.45, 7) is 12.3. The molecule has 334 valence electrons. The molecule has 0 amide bonds. The minimum atomic E-state index is -0.715. The molecule has 0 N–H and O–H groups in total. The Morgan fingerprint density at radius 1 is 0.557 bits per heavy atom. The molecule has 0 saturated heterocycles. The number of aromatic nitrogens is 1. The van der Waals surface area contributed by atoms with Gasteiger partial charge in [0.15, 0.2) is 5.58 Å². The number of ether oxygens (including phenoxy) is 1. The van der Waals surface area contributed by atoms with E-state index in [1.54, 1.807) is 27.7 Å². The standard InChI is InChI=1S/C63H46BN3O3/c1-62(2,3)39-29-37(30-40(33-39)63(4,5)6)38-31-50-57-54(32-38)68-53-34-42(66-48-21-13-10-18-43(48)46-28-36(35-65)24-27-49(46)66)25-26-47(53)64(57)58-59(67(50)41-16-8-7-9-17-41)61-56(45-20-12-15-23-52(45)70-61)55-44-19-11-14-22-51(44)69-60(55)58/h7-34H,1-6H3/i7D,8D,9D,10D,13D,16D,17D,18D,21D. The lowest BCUT2D eigenvalue weighted by Gasteiger charge is -2.40. The van der Waals surface area contributed by atoms with Crippen LogP contribution in [0.3, 0.4) is 0 Å². The third-order valence-corrected chi connectivity index (χ3v) is 14.3. The first-order valence-electron chi connectivity index (χ1n) is 27.9. The zero-order chi connectivity index (χ0) is 55.2. The zero-order valence-electron chi connectivity index (χ0n) is 48.1. The molecule has 0 fully saturated rings. The number of nitrogens with zero attached hydrogens (tertiary/aromatic N) is 3. The Hall–Kier alpha value is -8.47. The van der Waals surface area contributed by atoms with Crippen molar-refractivity contribution < 1.29 is 25.9 Å². The van der Waals surface area contributed by atoms with E-state index < -0.39 is 43.0 Å². The summed E-state index contributed by atoms with van der Waals surface area (Å²) in [7, 11) is 0. The van der Waals surface area contributed by atoms with Gasteiger partial charge in [-0.15, -0.1) is 0 Å². The number of para-hydroxylation sites is 4. The van der Waals surface area contributed by atoms with E-state index in [1.807, 2.05) is 78.9 Å². The molecule has 14 rings (SSSR count). The Labute approximate surface area is 418 Å². The van der Waals surface area contributed by atoms with Crippen LogP contribution in [0.1, 0.15) is 70.6 Å². The van der Waals surface area contributed by atoms with Crippen molar-refractivity contribution in [1.29, 1.82) is 5.26 Å². The average molecular weight is 913 g/mol. The van der Waals surface area contributed by atoms with E-state index in [-0.39, 0.29) is 45.5 Å². The van der Waals surface area contributed by atoms with Crippen LogP contribution in [-0.2, 0) is 10.8 Å². The summed E-state index contributed by atoms with van der Waals surface area (Å²) in [6, 6.07) is 35.5. The molecule has 0 unspecified atom stereocenters. The molecule has 0 atom stereocenters. The van der Waals surface area contributed by atoms with Gasteiger partial charge in [-0.05, 0) is 111 Å². The predicted octanol–water partition coefficient (Wildman–Crippen LogP) is 15.1. The Kier molecular flexibility index (Phi) is 6.60. The maximum Gasteiger partial charge on any atom is 0.261 e. The summed E-state index contributed by atoms with van der Waals surface area (Å²) in [5.74, 6) is 0.859. The van der Waals surface area contributed by atoms with Gasteiger partial charge in [0, 0.05) is 60.9 Å². The minimum absolute atomic E-state index is 0.0854. The van der Waals surface area contributed by atoms with Gasteiger partial charge in [0.05, 0.1) is 40.7 Å². The molecule has 2 aliphatic heterocycles. The molecule has 0 saturated carbocycles. The Morgan fingerprint density at radius 3 is 1.93 bits per heavy atom. The molecule has 12 aromatic rings. The molecule has 0 bridgehead atoms. The largest absolute Gasteiger partial charge is 0.458 e. The van der Waals surface area contributed by atoms with Crippen LogP contribution in [0, 0.1) is 11.3 Å². The predicted molar refractivity (Wildman–Crippen MR) is 289 cm³/mol. The minimum Gasteiger partial charge on any atom is -0.458 e. The number of rotatable bonds is 3. The Balaban J connectivity index is 1.16. The summed E-state index contributed by atoms with van der Waals surface area (Å²) in [5, 5.41) is 13.9. The lowest BCUT2D eigenvalue weighted by Crippen LogP contribution is -2.59. The first kappa shape index (κ1) is 32.3. The molecule has 0 aliphatic carbocycles. The van der Waals surface area contributed by atoms with Crippen LogP contribution in [-0.4, -0.2) is 11.3 Å². The van der Waals surface area contributed by atoms with Gasteiger partial charge in [0.25, 0.3) is 6.71 Å². The summed E-state index contributed by atoms with van der Waals surface area (Å²) in [5.41, 5.74) is 9.88. The number of hydrogen-bond donors (Lipinski definition) is 0. The van der Waals surface area contributed by atoms with Crippen LogP contribution in [0.2, 0.25) is 0 Å². The molecule has 7 heteroatoms. The van der Waals surface area contributed by atoms with Gasteiger partial charge in [-0.2, -0.15) is 5.26 Å². The van der Waals surface area contributed by atoms with Crippen LogP contribution in [0.5, 0.6) is 11.5 Å². The lowest BCUT2D eigenvalue weighted by atomic mass is 9.34. The number of furan rings is 2. The highest BCUT2D eigenvalue weighted by molar-refractivity contribution is 7.01. The Bertz CT molecular complexity index is 4760. The van der Waals surface area contributed by atoms with E-state index in [2.05, 4.69) is 65.8 Å². The van der Waals surface area contributed by atoms with Crippen molar-refractivity contribution in [2.24, 2.45) is 0 Å². The van der Waals surface area contributed by atoms with Crippen LogP contribution in [0.25, 0.3) is 82.5 Å². The second-order valence-electron chi connectivity index (χ2n) is 20.5. The fourth-order valence-corrected chi connectivity index (χ4v) is 11.0. The molecule has 2 aliphatic rings. The van der Waals surface area contributed by atoms with Crippen LogP contribution >= 0.6 is 0 Å². The van der Waals surface area contributed by atoms with Crippen molar-refractivity contribution in [2.75, 3.05) is 4.90 Å². The highest BCUT2D eigenvalue weighted by Crippen LogP contribution is 2.51. The fourth-order valence-electron chi connectivity index (χ4n) is 11.0.